The fourth-order valence-corrected chi connectivity index (χ4v) is 3.17. The van der Waals surface area contributed by atoms with E-state index in [2.05, 4.69) is 41.2 Å². The summed E-state index contributed by atoms with van der Waals surface area (Å²) in [6.45, 7) is 2.70. The molecular weight excluding hydrogens is 272 g/mol. The predicted octanol–water partition coefficient (Wildman–Crippen LogP) is 4.01. The van der Waals surface area contributed by atoms with Crippen molar-refractivity contribution in [3.8, 4) is 5.88 Å². The summed E-state index contributed by atoms with van der Waals surface area (Å²) in [4.78, 5) is 8.80. The van der Waals surface area contributed by atoms with E-state index in [1.54, 1.807) is 0 Å². The standard InChI is InChI=1S/C19H18N2O/c1-13-9-19(21-18-4-2-3-17(13)18)22-12-14-5-6-16-11-20-8-7-15(16)10-14/h5-11H,2-4,12H2,1H3. The predicted molar refractivity (Wildman–Crippen MR) is 87.1 cm³/mol. The van der Waals surface area contributed by atoms with Crippen LogP contribution in [0.15, 0.2) is 42.7 Å². The molecule has 1 aliphatic rings. The number of aryl methyl sites for hydroxylation is 2. The molecule has 1 aliphatic carbocycles. The molecule has 0 N–H and O–H groups in total. The van der Waals surface area contributed by atoms with Crippen molar-refractivity contribution in [1.29, 1.82) is 0 Å². The zero-order valence-corrected chi connectivity index (χ0v) is 12.7. The number of nitrogens with zero attached hydrogens (tertiary/aromatic N) is 2. The maximum Gasteiger partial charge on any atom is 0.214 e. The van der Waals surface area contributed by atoms with Gasteiger partial charge in [-0.05, 0) is 60.4 Å². The summed E-state index contributed by atoms with van der Waals surface area (Å²) in [7, 11) is 0. The lowest BCUT2D eigenvalue weighted by molar-refractivity contribution is 0.293. The van der Waals surface area contributed by atoms with Crippen LogP contribution in [-0.2, 0) is 19.4 Å². The number of hydrogen-bond donors (Lipinski definition) is 0. The Morgan fingerprint density at radius 3 is 3.00 bits per heavy atom. The first-order chi connectivity index (χ1) is 10.8. The topological polar surface area (TPSA) is 35.0 Å². The Morgan fingerprint density at radius 2 is 2.05 bits per heavy atom. The van der Waals surface area contributed by atoms with E-state index in [1.807, 2.05) is 18.5 Å². The van der Waals surface area contributed by atoms with Gasteiger partial charge in [0.2, 0.25) is 5.88 Å². The van der Waals surface area contributed by atoms with Crippen LogP contribution < -0.4 is 4.74 Å². The largest absolute Gasteiger partial charge is 0.473 e. The maximum absolute atomic E-state index is 5.92. The summed E-state index contributed by atoms with van der Waals surface area (Å²) in [6, 6.07) is 10.4. The third-order valence-corrected chi connectivity index (χ3v) is 4.34. The smallest absolute Gasteiger partial charge is 0.214 e. The second kappa shape index (κ2) is 5.41. The molecule has 0 spiro atoms. The third-order valence-electron chi connectivity index (χ3n) is 4.34. The zero-order valence-electron chi connectivity index (χ0n) is 12.7. The monoisotopic (exact) mass is 290 g/mol. The van der Waals surface area contributed by atoms with Gasteiger partial charge in [-0.25, -0.2) is 4.98 Å². The second-order valence-electron chi connectivity index (χ2n) is 5.90. The number of pyridine rings is 2. The van der Waals surface area contributed by atoms with Gasteiger partial charge in [0.1, 0.15) is 6.61 Å². The van der Waals surface area contributed by atoms with Crippen molar-refractivity contribution in [3.05, 3.63) is 65.1 Å². The number of ether oxygens (including phenoxy) is 1. The number of rotatable bonds is 3. The van der Waals surface area contributed by atoms with E-state index in [9.17, 15) is 0 Å². The lowest BCUT2D eigenvalue weighted by atomic mass is 10.1. The van der Waals surface area contributed by atoms with Crippen molar-refractivity contribution in [2.45, 2.75) is 32.8 Å². The van der Waals surface area contributed by atoms with Gasteiger partial charge in [-0.3, -0.25) is 4.98 Å². The van der Waals surface area contributed by atoms with Crippen LogP contribution in [0.4, 0.5) is 0 Å². The van der Waals surface area contributed by atoms with Gasteiger partial charge in [-0.2, -0.15) is 0 Å². The summed E-state index contributed by atoms with van der Waals surface area (Å²) >= 11 is 0. The lowest BCUT2D eigenvalue weighted by Crippen LogP contribution is -2.01. The summed E-state index contributed by atoms with van der Waals surface area (Å²) in [5.41, 5.74) is 5.10. The van der Waals surface area contributed by atoms with Gasteiger partial charge in [0, 0.05) is 29.5 Å². The molecule has 110 valence electrons. The number of fused-ring (bicyclic) bond motifs is 2. The van der Waals surface area contributed by atoms with Gasteiger partial charge in [-0.1, -0.05) is 12.1 Å². The summed E-state index contributed by atoms with van der Waals surface area (Å²) < 4.78 is 5.92. The molecule has 22 heavy (non-hydrogen) atoms. The molecule has 1 aromatic carbocycles. The van der Waals surface area contributed by atoms with E-state index < -0.39 is 0 Å². The highest BCUT2D eigenvalue weighted by atomic mass is 16.5. The Kier molecular flexibility index (Phi) is 3.26. The number of benzene rings is 1. The zero-order chi connectivity index (χ0) is 14.9. The molecule has 2 heterocycles. The van der Waals surface area contributed by atoms with E-state index in [4.69, 9.17) is 4.74 Å². The van der Waals surface area contributed by atoms with Crippen LogP contribution in [0, 0.1) is 6.92 Å². The molecule has 3 nitrogen and oxygen atoms in total. The highest BCUT2D eigenvalue weighted by molar-refractivity contribution is 5.81. The minimum atomic E-state index is 0.545. The molecule has 0 saturated carbocycles. The van der Waals surface area contributed by atoms with Gasteiger partial charge >= 0.3 is 0 Å². The molecule has 0 fully saturated rings. The first kappa shape index (κ1) is 13.3. The van der Waals surface area contributed by atoms with Crippen molar-refractivity contribution in [3.63, 3.8) is 0 Å². The quantitative estimate of drug-likeness (QED) is 0.731. The Balaban J connectivity index is 1.55. The third kappa shape index (κ3) is 2.43. The molecule has 0 radical (unpaired) electrons. The normalized spacial score (nSPS) is 13.3. The molecule has 2 aromatic heterocycles. The molecule has 4 rings (SSSR count). The molecule has 0 unspecified atom stereocenters. The van der Waals surface area contributed by atoms with Gasteiger partial charge in [0.05, 0.1) is 0 Å². The summed E-state index contributed by atoms with van der Waals surface area (Å²) in [6.07, 6.45) is 7.15. The van der Waals surface area contributed by atoms with Crippen LogP contribution in [0.25, 0.3) is 10.8 Å². The van der Waals surface area contributed by atoms with Crippen LogP contribution in [-0.4, -0.2) is 9.97 Å². The molecule has 0 saturated heterocycles. The Hall–Kier alpha value is -2.42. The van der Waals surface area contributed by atoms with Crippen molar-refractivity contribution >= 4 is 10.8 Å². The average Bonchev–Trinajstić information content (AvgIpc) is 3.02. The Bertz CT molecular complexity index is 842. The molecule has 3 aromatic rings. The molecular formula is C19H18N2O. The fraction of sp³-hybridized carbons (Fsp3) is 0.263. The van der Waals surface area contributed by atoms with E-state index >= 15 is 0 Å². The van der Waals surface area contributed by atoms with Gasteiger partial charge in [0.15, 0.2) is 0 Å². The Morgan fingerprint density at radius 1 is 1.09 bits per heavy atom. The molecule has 3 heteroatoms. The molecule has 0 aliphatic heterocycles. The molecule has 0 atom stereocenters. The lowest BCUT2D eigenvalue weighted by Gasteiger charge is -2.10. The van der Waals surface area contributed by atoms with Gasteiger partial charge < -0.3 is 4.74 Å². The van der Waals surface area contributed by atoms with Crippen molar-refractivity contribution < 1.29 is 4.74 Å². The van der Waals surface area contributed by atoms with E-state index in [-0.39, 0.29) is 0 Å². The van der Waals surface area contributed by atoms with Crippen LogP contribution in [0.5, 0.6) is 5.88 Å². The van der Waals surface area contributed by atoms with Crippen molar-refractivity contribution in [1.82, 2.24) is 9.97 Å². The van der Waals surface area contributed by atoms with Crippen molar-refractivity contribution in [2.75, 3.05) is 0 Å². The van der Waals surface area contributed by atoms with Crippen LogP contribution in [0.1, 0.15) is 28.8 Å². The maximum atomic E-state index is 5.92. The number of hydrogen-bond acceptors (Lipinski definition) is 3. The van der Waals surface area contributed by atoms with Gasteiger partial charge in [0.25, 0.3) is 0 Å². The SMILES string of the molecule is Cc1cc(OCc2ccc3cnccc3c2)nc2c1CCC2. The van der Waals surface area contributed by atoms with E-state index in [0.29, 0.717) is 6.61 Å². The van der Waals surface area contributed by atoms with Crippen LogP contribution >= 0.6 is 0 Å². The van der Waals surface area contributed by atoms with Crippen LogP contribution in [0.3, 0.4) is 0 Å². The average molecular weight is 290 g/mol. The second-order valence-corrected chi connectivity index (χ2v) is 5.90. The minimum Gasteiger partial charge on any atom is -0.473 e. The highest BCUT2D eigenvalue weighted by Gasteiger charge is 2.16. The first-order valence-electron chi connectivity index (χ1n) is 7.74. The summed E-state index contributed by atoms with van der Waals surface area (Å²) in [5, 5.41) is 2.34. The number of aromatic nitrogens is 2. The molecule has 0 amide bonds. The fourth-order valence-electron chi connectivity index (χ4n) is 3.17. The minimum absolute atomic E-state index is 0.545. The van der Waals surface area contributed by atoms with E-state index in [1.165, 1.54) is 28.6 Å². The highest BCUT2D eigenvalue weighted by Crippen LogP contribution is 2.27. The van der Waals surface area contributed by atoms with Gasteiger partial charge in [-0.15, -0.1) is 0 Å². The molecule has 0 bridgehead atoms. The van der Waals surface area contributed by atoms with Crippen molar-refractivity contribution in [2.24, 2.45) is 0 Å². The van der Waals surface area contributed by atoms with Crippen LogP contribution in [0.2, 0.25) is 0 Å². The Labute approximate surface area is 130 Å². The summed E-state index contributed by atoms with van der Waals surface area (Å²) in [5.74, 6) is 0.743. The first-order valence-corrected chi connectivity index (χ1v) is 7.74. The van der Waals surface area contributed by atoms with E-state index in [0.717, 1.165) is 29.7 Å².